The maximum absolute atomic E-state index is 5.84. The average Bonchev–Trinajstić information content (AvgIpc) is 2.30. The first-order chi connectivity index (χ1) is 7.77. The smallest absolute Gasteiger partial charge is 0.0387 e. The van der Waals surface area contributed by atoms with Gasteiger partial charge in [-0.25, -0.2) is 0 Å². The summed E-state index contributed by atoms with van der Waals surface area (Å²) < 4.78 is 0. The molecule has 0 amide bonds. The SMILES string of the molecule is Cl.Cl.Nc1ccccc1/C=C/c1ccccc1N. The number of anilines is 2. The Bertz CT molecular complexity index is 477. The maximum atomic E-state index is 5.84. The molecule has 0 aliphatic heterocycles. The molecule has 2 aromatic carbocycles. The van der Waals surface area contributed by atoms with E-state index in [2.05, 4.69) is 0 Å². The second-order valence-electron chi connectivity index (χ2n) is 3.59. The summed E-state index contributed by atoms with van der Waals surface area (Å²) in [5.41, 5.74) is 15.2. The Morgan fingerprint density at radius 3 is 1.28 bits per heavy atom. The van der Waals surface area contributed by atoms with Crippen LogP contribution in [0.4, 0.5) is 11.4 Å². The highest BCUT2D eigenvalue weighted by molar-refractivity contribution is 5.85. The van der Waals surface area contributed by atoms with Crippen LogP contribution in [0, 0.1) is 0 Å². The Labute approximate surface area is 120 Å². The second kappa shape index (κ2) is 7.64. The summed E-state index contributed by atoms with van der Waals surface area (Å²) in [6.45, 7) is 0. The van der Waals surface area contributed by atoms with Crippen LogP contribution in [0.1, 0.15) is 11.1 Å². The van der Waals surface area contributed by atoms with Gasteiger partial charge in [0.25, 0.3) is 0 Å². The van der Waals surface area contributed by atoms with Crippen molar-refractivity contribution >= 4 is 48.3 Å². The summed E-state index contributed by atoms with van der Waals surface area (Å²) in [7, 11) is 0. The first kappa shape index (κ1) is 16.4. The van der Waals surface area contributed by atoms with Crippen molar-refractivity contribution in [2.45, 2.75) is 0 Å². The molecule has 2 aromatic rings. The van der Waals surface area contributed by atoms with Gasteiger partial charge in [0, 0.05) is 11.4 Å². The molecular weight excluding hydrogens is 267 g/mol. The van der Waals surface area contributed by atoms with Gasteiger partial charge in [0.2, 0.25) is 0 Å². The minimum Gasteiger partial charge on any atom is -0.398 e. The van der Waals surface area contributed by atoms with Crippen molar-refractivity contribution < 1.29 is 0 Å². The molecule has 2 nitrogen and oxygen atoms in total. The van der Waals surface area contributed by atoms with Crippen LogP contribution >= 0.6 is 24.8 Å². The van der Waals surface area contributed by atoms with Gasteiger partial charge in [-0.1, -0.05) is 48.6 Å². The molecule has 0 fully saturated rings. The van der Waals surface area contributed by atoms with E-state index >= 15 is 0 Å². The Balaban J connectivity index is 0.00000144. The Morgan fingerprint density at radius 1 is 0.611 bits per heavy atom. The molecule has 0 aliphatic rings. The Hall–Kier alpha value is -1.64. The Kier molecular flexibility index (Phi) is 6.94. The molecule has 0 aromatic heterocycles. The molecular formula is C14H16Cl2N2. The van der Waals surface area contributed by atoms with E-state index in [9.17, 15) is 0 Å². The molecule has 0 atom stereocenters. The molecule has 0 heterocycles. The lowest BCUT2D eigenvalue weighted by Crippen LogP contribution is -1.89. The first-order valence-corrected chi connectivity index (χ1v) is 5.14. The van der Waals surface area contributed by atoms with Crippen LogP contribution in [-0.2, 0) is 0 Å². The number of benzene rings is 2. The van der Waals surface area contributed by atoms with Crippen LogP contribution in [0.2, 0.25) is 0 Å². The van der Waals surface area contributed by atoms with Crippen LogP contribution in [0.15, 0.2) is 48.5 Å². The zero-order chi connectivity index (χ0) is 11.4. The lowest BCUT2D eigenvalue weighted by Gasteiger charge is -2.00. The minimum atomic E-state index is 0. The summed E-state index contributed by atoms with van der Waals surface area (Å²) in [6, 6.07) is 15.5. The number of halogens is 2. The van der Waals surface area contributed by atoms with Crippen LogP contribution < -0.4 is 11.5 Å². The van der Waals surface area contributed by atoms with Crippen molar-refractivity contribution in [3.05, 3.63) is 59.7 Å². The molecule has 0 spiro atoms. The van der Waals surface area contributed by atoms with E-state index in [0.29, 0.717) is 0 Å². The molecule has 0 radical (unpaired) electrons. The third-order valence-electron chi connectivity index (χ3n) is 2.43. The molecule has 0 saturated heterocycles. The van der Waals surface area contributed by atoms with E-state index in [-0.39, 0.29) is 24.8 Å². The number of hydrogen-bond acceptors (Lipinski definition) is 2. The van der Waals surface area contributed by atoms with Gasteiger partial charge < -0.3 is 11.5 Å². The monoisotopic (exact) mass is 282 g/mol. The van der Waals surface area contributed by atoms with Crippen molar-refractivity contribution in [2.75, 3.05) is 11.5 Å². The standard InChI is InChI=1S/C14H14N2.2ClH/c15-13-7-3-1-5-11(13)9-10-12-6-2-4-8-14(12)16;;/h1-10H,15-16H2;2*1H/b10-9+;;. The van der Waals surface area contributed by atoms with E-state index in [1.54, 1.807) is 0 Å². The van der Waals surface area contributed by atoms with Gasteiger partial charge in [-0.2, -0.15) is 0 Å². The van der Waals surface area contributed by atoms with Gasteiger partial charge in [0.15, 0.2) is 0 Å². The second-order valence-corrected chi connectivity index (χ2v) is 3.59. The van der Waals surface area contributed by atoms with E-state index in [1.807, 2.05) is 60.7 Å². The third kappa shape index (κ3) is 3.99. The zero-order valence-corrected chi connectivity index (χ0v) is 11.4. The largest absolute Gasteiger partial charge is 0.398 e. The van der Waals surface area contributed by atoms with Crippen LogP contribution in [0.5, 0.6) is 0 Å². The van der Waals surface area contributed by atoms with Gasteiger partial charge in [-0.3, -0.25) is 0 Å². The topological polar surface area (TPSA) is 52.0 Å². The predicted octanol–water partition coefficient (Wildman–Crippen LogP) is 3.87. The van der Waals surface area contributed by atoms with Crippen LogP contribution in [0.25, 0.3) is 12.2 Å². The molecule has 0 aliphatic carbocycles. The molecule has 0 saturated carbocycles. The van der Waals surface area contributed by atoms with Crippen molar-refractivity contribution in [2.24, 2.45) is 0 Å². The Morgan fingerprint density at radius 2 is 0.944 bits per heavy atom. The van der Waals surface area contributed by atoms with Crippen molar-refractivity contribution in [3.63, 3.8) is 0 Å². The number of nitrogens with two attached hydrogens (primary N) is 2. The summed E-state index contributed by atoms with van der Waals surface area (Å²) in [6.07, 6.45) is 3.95. The van der Waals surface area contributed by atoms with Crippen molar-refractivity contribution in [1.29, 1.82) is 0 Å². The van der Waals surface area contributed by atoms with Crippen LogP contribution in [0.3, 0.4) is 0 Å². The van der Waals surface area contributed by atoms with Gasteiger partial charge in [-0.15, -0.1) is 24.8 Å². The number of para-hydroxylation sites is 2. The lowest BCUT2D eigenvalue weighted by atomic mass is 10.1. The summed E-state index contributed by atoms with van der Waals surface area (Å²) in [5, 5.41) is 0. The predicted molar refractivity (Wildman–Crippen MR) is 85.1 cm³/mol. The summed E-state index contributed by atoms with van der Waals surface area (Å²) >= 11 is 0. The van der Waals surface area contributed by atoms with E-state index < -0.39 is 0 Å². The zero-order valence-electron chi connectivity index (χ0n) is 9.74. The van der Waals surface area contributed by atoms with E-state index in [4.69, 9.17) is 11.5 Å². The fourth-order valence-corrected chi connectivity index (χ4v) is 1.50. The van der Waals surface area contributed by atoms with Gasteiger partial charge in [0.1, 0.15) is 0 Å². The van der Waals surface area contributed by atoms with E-state index in [1.165, 1.54) is 0 Å². The highest BCUT2D eigenvalue weighted by Crippen LogP contribution is 2.17. The summed E-state index contributed by atoms with van der Waals surface area (Å²) in [5.74, 6) is 0. The van der Waals surface area contributed by atoms with Crippen molar-refractivity contribution in [1.82, 2.24) is 0 Å². The maximum Gasteiger partial charge on any atom is 0.0387 e. The van der Waals surface area contributed by atoms with Gasteiger partial charge >= 0.3 is 0 Å². The third-order valence-corrected chi connectivity index (χ3v) is 2.43. The quantitative estimate of drug-likeness (QED) is 0.649. The van der Waals surface area contributed by atoms with Gasteiger partial charge in [0.05, 0.1) is 0 Å². The number of rotatable bonds is 2. The molecule has 2 rings (SSSR count). The van der Waals surface area contributed by atoms with Crippen molar-refractivity contribution in [3.8, 4) is 0 Å². The molecule has 4 N–H and O–H groups in total. The lowest BCUT2D eigenvalue weighted by molar-refractivity contribution is 1.63. The van der Waals surface area contributed by atoms with Crippen LogP contribution in [-0.4, -0.2) is 0 Å². The minimum absolute atomic E-state index is 0. The average molecular weight is 283 g/mol. The summed E-state index contributed by atoms with van der Waals surface area (Å²) in [4.78, 5) is 0. The molecule has 96 valence electrons. The molecule has 0 unspecified atom stereocenters. The van der Waals surface area contributed by atoms with E-state index in [0.717, 1.165) is 22.5 Å². The molecule has 18 heavy (non-hydrogen) atoms. The molecule has 0 bridgehead atoms. The first-order valence-electron chi connectivity index (χ1n) is 5.14. The van der Waals surface area contributed by atoms with Gasteiger partial charge in [-0.05, 0) is 23.3 Å². The fraction of sp³-hybridized carbons (Fsp3) is 0. The normalized spacial score (nSPS) is 9.56. The number of nitrogen functional groups attached to an aromatic ring is 2. The molecule has 4 heteroatoms. The highest BCUT2D eigenvalue weighted by atomic mass is 35.5. The highest BCUT2D eigenvalue weighted by Gasteiger charge is 1.94. The number of hydrogen-bond donors (Lipinski definition) is 2. The fourth-order valence-electron chi connectivity index (χ4n) is 1.50.